The van der Waals surface area contributed by atoms with E-state index in [4.69, 9.17) is 0 Å². The van der Waals surface area contributed by atoms with Crippen LogP contribution in [0.2, 0.25) is 0 Å². The molecule has 12 nitrogen and oxygen atoms in total. The van der Waals surface area contributed by atoms with Crippen LogP contribution in [0.5, 0.6) is 0 Å². The molecule has 0 fully saturated rings. The summed E-state index contributed by atoms with van der Waals surface area (Å²) < 4.78 is 0. The van der Waals surface area contributed by atoms with Crippen molar-refractivity contribution in [1.29, 1.82) is 0 Å². The van der Waals surface area contributed by atoms with Gasteiger partial charge in [-0.1, -0.05) is 12.1 Å². The van der Waals surface area contributed by atoms with Crippen LogP contribution >= 0.6 is 0 Å². The van der Waals surface area contributed by atoms with Crippen molar-refractivity contribution in [3.05, 3.63) is 83.9 Å². The van der Waals surface area contributed by atoms with Crippen molar-refractivity contribution in [2.45, 2.75) is 6.42 Å². The fraction of sp³-hybridized carbons (Fsp3) is 0.0667. The molecule has 138 valence electrons. The number of carbonyl (C=O) groups excluding carboxylic acids is 1. The van der Waals surface area contributed by atoms with E-state index in [9.17, 15) is 35.1 Å². The number of hydrogen-bond donors (Lipinski definition) is 1. The normalized spacial score (nSPS) is 10.5. The van der Waals surface area contributed by atoms with Crippen LogP contribution in [0.15, 0.2) is 47.6 Å². The van der Waals surface area contributed by atoms with Crippen LogP contribution in [0.25, 0.3) is 0 Å². The summed E-state index contributed by atoms with van der Waals surface area (Å²) in [7, 11) is 0. The van der Waals surface area contributed by atoms with Gasteiger partial charge >= 0.3 is 0 Å². The van der Waals surface area contributed by atoms with Crippen LogP contribution in [-0.4, -0.2) is 26.9 Å². The summed E-state index contributed by atoms with van der Waals surface area (Å²) in [6.45, 7) is 0. The second-order valence-electron chi connectivity index (χ2n) is 5.19. The van der Waals surface area contributed by atoms with Crippen molar-refractivity contribution in [2.24, 2.45) is 5.10 Å². The van der Waals surface area contributed by atoms with Crippen LogP contribution in [0.3, 0.4) is 0 Å². The van der Waals surface area contributed by atoms with Crippen molar-refractivity contribution >= 4 is 29.2 Å². The van der Waals surface area contributed by atoms with Gasteiger partial charge in [0.25, 0.3) is 17.1 Å². The molecule has 0 saturated carbocycles. The van der Waals surface area contributed by atoms with E-state index < -0.39 is 32.1 Å². The molecule has 0 saturated heterocycles. The van der Waals surface area contributed by atoms with Crippen LogP contribution in [-0.2, 0) is 11.2 Å². The smallest absolute Gasteiger partial charge is 0.273 e. The Kier molecular flexibility index (Phi) is 5.83. The molecule has 0 unspecified atom stereocenters. The molecule has 0 heterocycles. The number of carbonyl (C=O) groups is 1. The first-order chi connectivity index (χ1) is 12.8. The Morgan fingerprint density at radius 1 is 0.889 bits per heavy atom. The highest BCUT2D eigenvalue weighted by Crippen LogP contribution is 2.21. The molecule has 12 heteroatoms. The van der Waals surface area contributed by atoms with Crippen LogP contribution in [0.1, 0.15) is 11.1 Å². The third kappa shape index (κ3) is 5.38. The number of hydrazone groups is 1. The van der Waals surface area contributed by atoms with Crippen molar-refractivity contribution in [3.8, 4) is 0 Å². The standard InChI is InChI=1S/C15H11N5O7/c21-15(7-10-1-3-12(4-2-10)18(22)23)17-16-9-11-5-13(19(24)25)8-14(6-11)20(26)27/h1-6,8-9H,7H2,(H,17,21)/b16-9-. The first-order valence-electron chi connectivity index (χ1n) is 7.25. The van der Waals surface area contributed by atoms with E-state index in [2.05, 4.69) is 10.5 Å². The van der Waals surface area contributed by atoms with Gasteiger partial charge in [0.2, 0.25) is 5.91 Å². The number of nitrogens with one attached hydrogen (secondary N) is 1. The van der Waals surface area contributed by atoms with Crippen LogP contribution < -0.4 is 5.43 Å². The Labute approximate surface area is 150 Å². The number of hydrogen-bond acceptors (Lipinski definition) is 8. The molecule has 0 aromatic heterocycles. The van der Waals surface area contributed by atoms with Gasteiger partial charge < -0.3 is 0 Å². The molecule has 1 N–H and O–H groups in total. The molecular weight excluding hydrogens is 362 g/mol. The van der Waals surface area contributed by atoms with E-state index in [0.717, 1.165) is 24.4 Å². The Morgan fingerprint density at radius 2 is 1.41 bits per heavy atom. The van der Waals surface area contributed by atoms with E-state index >= 15 is 0 Å². The second kappa shape index (κ2) is 8.24. The van der Waals surface area contributed by atoms with E-state index in [1.807, 2.05) is 0 Å². The zero-order chi connectivity index (χ0) is 20.0. The minimum Gasteiger partial charge on any atom is -0.273 e. The minimum atomic E-state index is -0.780. The Morgan fingerprint density at radius 3 is 1.89 bits per heavy atom. The highest BCUT2D eigenvalue weighted by Gasteiger charge is 2.15. The molecule has 0 aliphatic carbocycles. The zero-order valence-electron chi connectivity index (χ0n) is 13.5. The van der Waals surface area contributed by atoms with Crippen molar-refractivity contribution in [2.75, 3.05) is 0 Å². The van der Waals surface area contributed by atoms with E-state index in [1.165, 1.54) is 24.3 Å². The maximum absolute atomic E-state index is 11.8. The van der Waals surface area contributed by atoms with Gasteiger partial charge in [-0.25, -0.2) is 5.43 Å². The van der Waals surface area contributed by atoms with Gasteiger partial charge in [-0.15, -0.1) is 0 Å². The van der Waals surface area contributed by atoms with Crippen molar-refractivity contribution in [1.82, 2.24) is 5.43 Å². The minimum absolute atomic E-state index is 0.0616. The predicted molar refractivity (Wildman–Crippen MR) is 92.3 cm³/mol. The lowest BCUT2D eigenvalue weighted by molar-refractivity contribution is -0.394. The third-order valence-corrected chi connectivity index (χ3v) is 3.26. The maximum atomic E-state index is 11.8. The molecule has 27 heavy (non-hydrogen) atoms. The van der Waals surface area contributed by atoms with Gasteiger partial charge in [0.15, 0.2) is 0 Å². The zero-order valence-corrected chi connectivity index (χ0v) is 13.5. The highest BCUT2D eigenvalue weighted by atomic mass is 16.6. The lowest BCUT2D eigenvalue weighted by Gasteiger charge is -2.01. The fourth-order valence-electron chi connectivity index (χ4n) is 2.04. The maximum Gasteiger partial charge on any atom is 0.276 e. The Balaban J connectivity index is 2.03. The van der Waals surface area contributed by atoms with Gasteiger partial charge in [0.05, 0.1) is 33.5 Å². The lowest BCUT2D eigenvalue weighted by Crippen LogP contribution is -2.19. The topological polar surface area (TPSA) is 171 Å². The first kappa shape index (κ1) is 19.1. The summed E-state index contributed by atoms with van der Waals surface area (Å²) >= 11 is 0. The Hall–Kier alpha value is -4.22. The molecule has 2 aromatic rings. The number of non-ortho nitro benzene ring substituents is 3. The number of benzene rings is 2. The number of amides is 1. The summed E-state index contributed by atoms with van der Waals surface area (Å²) in [6, 6.07) is 8.31. The third-order valence-electron chi connectivity index (χ3n) is 3.26. The summed E-state index contributed by atoms with van der Waals surface area (Å²) in [6.07, 6.45) is 0.929. The van der Waals surface area contributed by atoms with Gasteiger partial charge in [-0.2, -0.15) is 5.10 Å². The number of nitrogens with zero attached hydrogens (tertiary/aromatic N) is 4. The fourth-order valence-corrected chi connectivity index (χ4v) is 2.04. The second-order valence-corrected chi connectivity index (χ2v) is 5.19. The van der Waals surface area contributed by atoms with E-state index in [-0.39, 0.29) is 17.7 Å². The molecular formula is C15H11N5O7. The van der Waals surface area contributed by atoms with Gasteiger partial charge in [-0.3, -0.25) is 35.1 Å². The Bertz CT molecular complexity index is 908. The number of nitro groups is 3. The van der Waals surface area contributed by atoms with Crippen molar-refractivity contribution in [3.63, 3.8) is 0 Å². The average molecular weight is 373 g/mol. The molecule has 2 aromatic carbocycles. The molecule has 0 atom stereocenters. The molecule has 0 aliphatic rings. The molecule has 0 radical (unpaired) electrons. The van der Waals surface area contributed by atoms with Gasteiger partial charge in [-0.05, 0) is 5.56 Å². The first-order valence-corrected chi connectivity index (χ1v) is 7.25. The monoisotopic (exact) mass is 373 g/mol. The van der Waals surface area contributed by atoms with Crippen molar-refractivity contribution < 1.29 is 19.6 Å². The predicted octanol–water partition coefficient (Wildman–Crippen LogP) is 2.10. The largest absolute Gasteiger partial charge is 0.276 e. The average Bonchev–Trinajstić information content (AvgIpc) is 2.61. The lowest BCUT2D eigenvalue weighted by atomic mass is 10.1. The molecule has 1 amide bonds. The molecule has 0 aliphatic heterocycles. The highest BCUT2D eigenvalue weighted by molar-refractivity contribution is 5.84. The van der Waals surface area contributed by atoms with Gasteiger partial charge in [0.1, 0.15) is 0 Å². The van der Waals surface area contributed by atoms with E-state index in [0.29, 0.717) is 5.56 Å². The number of rotatable bonds is 7. The molecule has 0 bridgehead atoms. The summed E-state index contributed by atoms with van der Waals surface area (Å²) in [5, 5.41) is 35.8. The van der Waals surface area contributed by atoms with Crippen LogP contribution in [0, 0.1) is 30.3 Å². The summed E-state index contributed by atoms with van der Waals surface area (Å²) in [4.78, 5) is 41.9. The van der Waals surface area contributed by atoms with Crippen LogP contribution in [0.4, 0.5) is 17.1 Å². The number of nitro benzene ring substituents is 3. The summed E-state index contributed by atoms with van der Waals surface area (Å²) in [5.41, 5.74) is 1.67. The van der Waals surface area contributed by atoms with E-state index in [1.54, 1.807) is 0 Å². The quantitative estimate of drug-likeness (QED) is 0.439. The summed E-state index contributed by atoms with van der Waals surface area (Å²) in [5.74, 6) is -0.542. The SMILES string of the molecule is O=C(Cc1ccc([N+](=O)[O-])cc1)N/N=C\c1cc([N+](=O)[O-])cc([N+](=O)[O-])c1. The molecule has 0 spiro atoms. The van der Waals surface area contributed by atoms with Gasteiger partial charge in [0, 0.05) is 29.8 Å². The molecule has 2 rings (SSSR count).